The molecule has 1 aliphatic rings. The minimum absolute atomic E-state index is 0.193. The molecule has 16 heavy (non-hydrogen) atoms. The number of Topliss-reactive ketones (excluding diaryl/α,β-unsaturated/α-hetero) is 1. The van der Waals surface area contributed by atoms with E-state index >= 15 is 0 Å². The van der Waals surface area contributed by atoms with Gasteiger partial charge in [0.15, 0.2) is 0 Å². The van der Waals surface area contributed by atoms with Crippen LogP contribution in [-0.4, -0.2) is 12.4 Å². The van der Waals surface area contributed by atoms with E-state index in [2.05, 4.69) is 0 Å². The average molecular weight is 280 g/mol. The number of rotatable bonds is 1. The predicted octanol–water partition coefficient (Wildman–Crippen LogP) is 4.07. The summed E-state index contributed by atoms with van der Waals surface area (Å²) in [5, 5.41) is 1.09. The van der Waals surface area contributed by atoms with Gasteiger partial charge in [-0.2, -0.15) is 0 Å². The summed E-state index contributed by atoms with van der Waals surface area (Å²) in [6.07, 6.45) is 0.591. The van der Waals surface area contributed by atoms with Crippen molar-refractivity contribution in [1.82, 2.24) is 0 Å². The number of carbonyl (C=O) groups is 1. The molecule has 1 fully saturated rings. The van der Waals surface area contributed by atoms with E-state index in [1.165, 1.54) is 0 Å². The number of ether oxygens (including phenoxy) is 1. The zero-order valence-electron chi connectivity index (χ0n) is 8.30. The van der Waals surface area contributed by atoms with Gasteiger partial charge in [0.05, 0.1) is 27.8 Å². The Morgan fingerprint density at radius 2 is 1.81 bits per heavy atom. The van der Waals surface area contributed by atoms with Gasteiger partial charge in [-0.15, -0.1) is 0 Å². The first-order chi connectivity index (χ1) is 7.58. The molecule has 0 saturated carbocycles. The largest absolute Gasteiger partial charge is 0.373 e. The smallest absolute Gasteiger partial charge is 0.138 e. The topological polar surface area (TPSA) is 26.3 Å². The summed E-state index contributed by atoms with van der Waals surface area (Å²) >= 11 is 17.7. The highest BCUT2D eigenvalue weighted by Gasteiger charge is 2.23. The minimum Gasteiger partial charge on any atom is -0.373 e. The lowest BCUT2D eigenvalue weighted by atomic mass is 10.0. The van der Waals surface area contributed by atoms with Crippen LogP contribution in [0.4, 0.5) is 0 Å². The molecule has 1 aliphatic heterocycles. The van der Waals surface area contributed by atoms with Gasteiger partial charge in [-0.1, -0.05) is 34.8 Å². The first-order valence-electron chi connectivity index (χ1n) is 4.85. The third kappa shape index (κ3) is 2.51. The maximum Gasteiger partial charge on any atom is 0.138 e. The molecule has 0 bridgehead atoms. The van der Waals surface area contributed by atoms with Crippen molar-refractivity contribution in [3.05, 3.63) is 32.8 Å². The van der Waals surface area contributed by atoms with Crippen LogP contribution in [-0.2, 0) is 9.53 Å². The van der Waals surface area contributed by atoms with Gasteiger partial charge in [0, 0.05) is 12.8 Å². The normalized spacial score (nSPS) is 21.2. The van der Waals surface area contributed by atoms with Crippen LogP contribution in [0.5, 0.6) is 0 Å². The molecule has 1 atom stereocenters. The van der Waals surface area contributed by atoms with Crippen molar-refractivity contribution in [2.75, 3.05) is 6.61 Å². The Kier molecular flexibility index (Phi) is 3.75. The number of hydrogen-bond donors (Lipinski definition) is 0. The zero-order valence-corrected chi connectivity index (χ0v) is 10.6. The van der Waals surface area contributed by atoms with E-state index in [4.69, 9.17) is 39.5 Å². The highest BCUT2D eigenvalue weighted by molar-refractivity contribution is 6.48. The lowest BCUT2D eigenvalue weighted by Crippen LogP contribution is -2.19. The van der Waals surface area contributed by atoms with E-state index in [0.717, 1.165) is 5.56 Å². The maximum absolute atomic E-state index is 11.3. The molecule has 0 aromatic heterocycles. The molecule has 1 aromatic carbocycles. The monoisotopic (exact) mass is 278 g/mol. The van der Waals surface area contributed by atoms with Crippen molar-refractivity contribution in [1.29, 1.82) is 0 Å². The highest BCUT2D eigenvalue weighted by Crippen LogP contribution is 2.36. The third-order valence-electron chi connectivity index (χ3n) is 2.49. The fraction of sp³-hybridized carbons (Fsp3) is 0.364. The first-order valence-corrected chi connectivity index (χ1v) is 5.99. The summed E-state index contributed by atoms with van der Waals surface area (Å²) in [5.41, 5.74) is 0.799. The van der Waals surface area contributed by atoms with Crippen LogP contribution in [0.3, 0.4) is 0 Å². The predicted molar refractivity (Wildman–Crippen MR) is 64.4 cm³/mol. The number of halogens is 3. The van der Waals surface area contributed by atoms with Crippen molar-refractivity contribution in [3.63, 3.8) is 0 Å². The van der Waals surface area contributed by atoms with Gasteiger partial charge >= 0.3 is 0 Å². The van der Waals surface area contributed by atoms with E-state index < -0.39 is 0 Å². The summed E-state index contributed by atoms with van der Waals surface area (Å²) in [5.74, 6) is 0.193. The highest BCUT2D eigenvalue weighted by atomic mass is 35.5. The molecule has 0 radical (unpaired) electrons. The minimum atomic E-state index is -0.256. The van der Waals surface area contributed by atoms with Gasteiger partial charge in [-0.3, -0.25) is 4.79 Å². The van der Waals surface area contributed by atoms with Crippen molar-refractivity contribution in [2.24, 2.45) is 0 Å². The second kappa shape index (κ2) is 4.92. The quantitative estimate of drug-likeness (QED) is 0.724. The fourth-order valence-electron chi connectivity index (χ4n) is 1.66. The van der Waals surface area contributed by atoms with Crippen molar-refractivity contribution in [3.8, 4) is 0 Å². The SMILES string of the molecule is O=C1CCOC(c2cc(Cl)c(Cl)c(Cl)c2)C1. The van der Waals surface area contributed by atoms with Crippen LogP contribution in [0.2, 0.25) is 15.1 Å². The van der Waals surface area contributed by atoms with Crippen molar-refractivity contribution in [2.45, 2.75) is 18.9 Å². The third-order valence-corrected chi connectivity index (χ3v) is 3.69. The van der Waals surface area contributed by atoms with Crippen LogP contribution in [0.15, 0.2) is 12.1 Å². The van der Waals surface area contributed by atoms with Gasteiger partial charge in [0.2, 0.25) is 0 Å². The van der Waals surface area contributed by atoms with Gasteiger partial charge in [0.25, 0.3) is 0 Å². The second-order valence-electron chi connectivity index (χ2n) is 3.65. The molecule has 5 heteroatoms. The molecule has 1 saturated heterocycles. The number of benzene rings is 1. The Labute approximate surface area is 108 Å². The van der Waals surface area contributed by atoms with Crippen LogP contribution < -0.4 is 0 Å². The summed E-state index contributed by atoms with van der Waals surface area (Å²) in [7, 11) is 0. The fourth-order valence-corrected chi connectivity index (χ4v) is 2.27. The standard InChI is InChI=1S/C11H9Cl3O2/c12-8-3-6(4-9(13)11(8)14)10-5-7(15)1-2-16-10/h3-4,10H,1-2,5H2. The Morgan fingerprint density at radius 3 is 2.38 bits per heavy atom. The Bertz CT molecular complexity index is 408. The van der Waals surface area contributed by atoms with Crippen LogP contribution >= 0.6 is 34.8 Å². The average Bonchev–Trinajstić information content (AvgIpc) is 2.25. The molecule has 1 heterocycles. The Balaban J connectivity index is 2.30. The van der Waals surface area contributed by atoms with Crippen LogP contribution in [0, 0.1) is 0 Å². The Hall–Kier alpha value is -0.280. The van der Waals surface area contributed by atoms with E-state index in [-0.39, 0.29) is 11.9 Å². The van der Waals surface area contributed by atoms with Crippen LogP contribution in [0.1, 0.15) is 24.5 Å². The zero-order chi connectivity index (χ0) is 11.7. The van der Waals surface area contributed by atoms with Gasteiger partial charge in [-0.25, -0.2) is 0 Å². The molecule has 86 valence electrons. The molecule has 0 N–H and O–H groups in total. The molecule has 0 spiro atoms. The van der Waals surface area contributed by atoms with Gasteiger partial charge in [-0.05, 0) is 17.7 Å². The van der Waals surface area contributed by atoms with E-state index in [0.29, 0.717) is 34.5 Å². The number of carbonyl (C=O) groups excluding carboxylic acids is 1. The number of ketones is 1. The van der Waals surface area contributed by atoms with Crippen molar-refractivity contribution >= 4 is 40.6 Å². The summed E-state index contributed by atoms with van der Waals surface area (Å²) in [6, 6.07) is 3.39. The second-order valence-corrected chi connectivity index (χ2v) is 4.84. The lowest BCUT2D eigenvalue weighted by molar-refractivity contribution is -0.128. The van der Waals surface area contributed by atoms with E-state index in [1.54, 1.807) is 12.1 Å². The van der Waals surface area contributed by atoms with Crippen molar-refractivity contribution < 1.29 is 9.53 Å². The number of hydrogen-bond acceptors (Lipinski definition) is 2. The van der Waals surface area contributed by atoms with E-state index in [1.807, 2.05) is 0 Å². The van der Waals surface area contributed by atoms with Gasteiger partial charge in [0.1, 0.15) is 5.78 Å². The van der Waals surface area contributed by atoms with E-state index in [9.17, 15) is 4.79 Å². The molecule has 0 aliphatic carbocycles. The molecule has 0 amide bonds. The molecular formula is C11H9Cl3O2. The van der Waals surface area contributed by atoms with Crippen LogP contribution in [0.25, 0.3) is 0 Å². The first kappa shape index (κ1) is 12.2. The summed E-state index contributed by atoms with van der Waals surface area (Å²) in [4.78, 5) is 11.3. The molecule has 2 nitrogen and oxygen atoms in total. The molecule has 1 unspecified atom stereocenters. The van der Waals surface area contributed by atoms with Gasteiger partial charge < -0.3 is 4.74 Å². The lowest BCUT2D eigenvalue weighted by Gasteiger charge is -2.22. The summed E-state index contributed by atoms with van der Waals surface area (Å²) < 4.78 is 5.50. The Morgan fingerprint density at radius 1 is 1.19 bits per heavy atom. The summed E-state index contributed by atoms with van der Waals surface area (Å²) in [6.45, 7) is 0.446. The maximum atomic E-state index is 11.3. The molecular weight excluding hydrogens is 270 g/mol. The molecule has 2 rings (SSSR count). The molecule has 1 aromatic rings.